The summed E-state index contributed by atoms with van der Waals surface area (Å²) in [5.41, 5.74) is -0.187. The lowest BCUT2D eigenvalue weighted by Crippen LogP contribution is -2.47. The summed E-state index contributed by atoms with van der Waals surface area (Å²) in [6.45, 7) is 2.05. The first-order chi connectivity index (χ1) is 11.6. The van der Waals surface area contributed by atoms with Crippen molar-refractivity contribution >= 4 is 16.0 Å². The van der Waals surface area contributed by atoms with Gasteiger partial charge in [-0.2, -0.15) is 0 Å². The normalized spacial score (nSPS) is 30.8. The lowest BCUT2D eigenvalue weighted by atomic mass is 9.90. The van der Waals surface area contributed by atoms with Crippen LogP contribution in [0, 0.1) is 0 Å². The lowest BCUT2D eigenvalue weighted by molar-refractivity contribution is -0.112. The maximum atomic E-state index is 12.0. The molecule has 1 aliphatic carbocycles. The number of sulfonamides is 1. The number of rotatable bonds is 5. The van der Waals surface area contributed by atoms with Crippen molar-refractivity contribution in [1.82, 2.24) is 14.7 Å². The minimum atomic E-state index is -3.14. The van der Waals surface area contributed by atoms with Crippen molar-refractivity contribution in [3.8, 4) is 0 Å². The van der Waals surface area contributed by atoms with Crippen molar-refractivity contribution in [1.29, 1.82) is 0 Å². The molecule has 0 bridgehead atoms. The zero-order valence-corrected chi connectivity index (χ0v) is 14.5. The summed E-state index contributed by atoms with van der Waals surface area (Å²) < 4.78 is 33.1. The van der Waals surface area contributed by atoms with Crippen LogP contribution in [0.1, 0.15) is 38.5 Å². The van der Waals surface area contributed by atoms with Crippen molar-refractivity contribution < 1.29 is 13.2 Å². The standard InChI is InChI=1S/C16H24N4O3S/c21-24(22,14-4-5-14)19-11-13-3-1-6-16(23-13)7-10-20(12-16)15-17-8-2-9-18-15/h2,8-9,13-14,19H,1,3-7,10-12H2/t13-,16-/m0/s1. The van der Waals surface area contributed by atoms with Crippen LogP contribution in [0.4, 0.5) is 5.95 Å². The van der Waals surface area contributed by atoms with E-state index in [4.69, 9.17) is 4.74 Å². The van der Waals surface area contributed by atoms with Crippen LogP contribution in [-0.2, 0) is 14.8 Å². The number of hydrogen-bond acceptors (Lipinski definition) is 6. The first-order valence-corrected chi connectivity index (χ1v) is 10.3. The molecule has 7 nitrogen and oxygen atoms in total. The van der Waals surface area contributed by atoms with Gasteiger partial charge in [0.25, 0.3) is 0 Å². The SMILES string of the molecule is O=S(=O)(NC[C@@H]1CCC[C@@]2(CCN(c3ncccn3)C2)O1)C1CC1. The van der Waals surface area contributed by atoms with Crippen molar-refractivity contribution in [3.05, 3.63) is 18.5 Å². The molecule has 2 saturated heterocycles. The number of nitrogens with one attached hydrogen (secondary N) is 1. The molecule has 3 heterocycles. The molecule has 8 heteroatoms. The van der Waals surface area contributed by atoms with Gasteiger partial charge in [-0.15, -0.1) is 0 Å². The van der Waals surface area contributed by atoms with Gasteiger partial charge >= 0.3 is 0 Å². The van der Waals surface area contributed by atoms with Gasteiger partial charge in [0.15, 0.2) is 0 Å². The second kappa shape index (κ2) is 6.24. The van der Waals surface area contributed by atoms with Gasteiger partial charge in [-0.3, -0.25) is 0 Å². The van der Waals surface area contributed by atoms with Crippen molar-refractivity contribution in [2.75, 3.05) is 24.5 Å². The van der Waals surface area contributed by atoms with E-state index < -0.39 is 10.0 Å². The summed E-state index contributed by atoms with van der Waals surface area (Å²) >= 11 is 0. The van der Waals surface area contributed by atoms with Crippen molar-refractivity contribution in [3.63, 3.8) is 0 Å². The molecule has 24 heavy (non-hydrogen) atoms. The fourth-order valence-electron chi connectivity index (χ4n) is 3.74. The highest BCUT2D eigenvalue weighted by Crippen LogP contribution is 2.37. The highest BCUT2D eigenvalue weighted by Gasteiger charge is 2.44. The van der Waals surface area contributed by atoms with E-state index in [1.54, 1.807) is 12.4 Å². The third-order valence-electron chi connectivity index (χ3n) is 5.20. The Morgan fingerprint density at radius 3 is 2.79 bits per heavy atom. The molecule has 1 saturated carbocycles. The minimum absolute atomic E-state index is 0.0380. The average molecular weight is 352 g/mol. The van der Waals surface area contributed by atoms with E-state index in [-0.39, 0.29) is 17.0 Å². The highest BCUT2D eigenvalue weighted by molar-refractivity contribution is 7.90. The molecular formula is C16H24N4O3S. The molecule has 1 spiro atoms. The van der Waals surface area contributed by atoms with E-state index in [9.17, 15) is 8.42 Å². The van der Waals surface area contributed by atoms with E-state index in [1.165, 1.54) is 0 Å². The maximum absolute atomic E-state index is 12.0. The predicted octanol–water partition coefficient (Wildman–Crippen LogP) is 1.08. The predicted molar refractivity (Wildman–Crippen MR) is 90.3 cm³/mol. The molecule has 2 atom stereocenters. The van der Waals surface area contributed by atoms with E-state index in [2.05, 4.69) is 19.6 Å². The van der Waals surface area contributed by atoms with E-state index in [0.717, 1.165) is 57.6 Å². The molecule has 3 fully saturated rings. The quantitative estimate of drug-likeness (QED) is 0.853. The van der Waals surface area contributed by atoms with Gasteiger partial charge in [-0.05, 0) is 44.6 Å². The largest absolute Gasteiger partial charge is 0.368 e. The fraction of sp³-hybridized carbons (Fsp3) is 0.750. The van der Waals surface area contributed by atoms with Crippen LogP contribution in [0.25, 0.3) is 0 Å². The van der Waals surface area contributed by atoms with Gasteiger partial charge in [0, 0.05) is 32.0 Å². The molecule has 2 aliphatic heterocycles. The number of aromatic nitrogens is 2. The Bertz CT molecular complexity index is 680. The number of ether oxygens (including phenoxy) is 1. The van der Waals surface area contributed by atoms with E-state index in [0.29, 0.717) is 6.54 Å². The maximum Gasteiger partial charge on any atom is 0.225 e. The first kappa shape index (κ1) is 16.2. The van der Waals surface area contributed by atoms with Crippen LogP contribution >= 0.6 is 0 Å². The second-order valence-electron chi connectivity index (χ2n) is 7.13. The molecule has 132 valence electrons. The van der Waals surface area contributed by atoms with Gasteiger partial charge < -0.3 is 9.64 Å². The van der Waals surface area contributed by atoms with Crippen LogP contribution in [0.3, 0.4) is 0 Å². The summed E-state index contributed by atoms with van der Waals surface area (Å²) in [5, 5.41) is -0.174. The van der Waals surface area contributed by atoms with Crippen LogP contribution < -0.4 is 9.62 Å². The highest BCUT2D eigenvalue weighted by atomic mass is 32.2. The monoisotopic (exact) mass is 352 g/mol. The smallest absolute Gasteiger partial charge is 0.225 e. The molecule has 0 amide bonds. The summed E-state index contributed by atoms with van der Waals surface area (Å²) in [7, 11) is -3.14. The topological polar surface area (TPSA) is 84.4 Å². The van der Waals surface area contributed by atoms with Gasteiger partial charge in [-0.1, -0.05) is 0 Å². The molecule has 0 radical (unpaired) electrons. The van der Waals surface area contributed by atoms with Gasteiger partial charge in [0.1, 0.15) is 0 Å². The first-order valence-electron chi connectivity index (χ1n) is 8.75. The summed E-state index contributed by atoms with van der Waals surface area (Å²) in [4.78, 5) is 10.8. The molecule has 0 unspecified atom stereocenters. The summed E-state index contributed by atoms with van der Waals surface area (Å²) in [6.07, 6.45) is 8.99. The van der Waals surface area contributed by atoms with Crippen LogP contribution in [0.2, 0.25) is 0 Å². The Labute approximate surface area is 142 Å². The molecule has 1 aromatic heterocycles. The zero-order chi connectivity index (χ0) is 16.6. The van der Waals surface area contributed by atoms with Crippen LogP contribution in [-0.4, -0.2) is 55.0 Å². The Kier molecular flexibility index (Phi) is 4.22. The van der Waals surface area contributed by atoms with Crippen LogP contribution in [0.15, 0.2) is 18.5 Å². The van der Waals surface area contributed by atoms with E-state index in [1.807, 2.05) is 6.07 Å². The van der Waals surface area contributed by atoms with Crippen molar-refractivity contribution in [2.45, 2.75) is 55.5 Å². The summed E-state index contributed by atoms with van der Waals surface area (Å²) in [5.74, 6) is 0.745. The molecule has 0 aromatic carbocycles. The third kappa shape index (κ3) is 3.41. The molecular weight excluding hydrogens is 328 g/mol. The fourth-order valence-corrected chi connectivity index (χ4v) is 5.15. The average Bonchev–Trinajstić information content (AvgIpc) is 3.38. The van der Waals surface area contributed by atoms with Crippen molar-refractivity contribution in [2.24, 2.45) is 0 Å². The molecule has 3 aliphatic rings. The van der Waals surface area contributed by atoms with Gasteiger partial charge in [0.05, 0.1) is 17.0 Å². The zero-order valence-electron chi connectivity index (χ0n) is 13.7. The Morgan fingerprint density at radius 1 is 1.25 bits per heavy atom. The van der Waals surface area contributed by atoms with Crippen LogP contribution in [0.5, 0.6) is 0 Å². The number of hydrogen-bond donors (Lipinski definition) is 1. The second-order valence-corrected chi connectivity index (χ2v) is 9.17. The number of anilines is 1. The minimum Gasteiger partial charge on any atom is -0.368 e. The Morgan fingerprint density at radius 2 is 2.04 bits per heavy atom. The van der Waals surface area contributed by atoms with Gasteiger partial charge in [-0.25, -0.2) is 23.1 Å². The number of nitrogens with zero attached hydrogens (tertiary/aromatic N) is 3. The molecule has 1 aromatic rings. The molecule has 1 N–H and O–H groups in total. The Hall–Kier alpha value is -1.25. The third-order valence-corrected chi connectivity index (χ3v) is 7.12. The van der Waals surface area contributed by atoms with E-state index >= 15 is 0 Å². The lowest BCUT2D eigenvalue weighted by Gasteiger charge is -2.38. The summed E-state index contributed by atoms with van der Waals surface area (Å²) in [6, 6.07) is 1.81. The van der Waals surface area contributed by atoms with Gasteiger partial charge in [0.2, 0.25) is 16.0 Å². The Balaban J connectivity index is 1.36. The molecule has 4 rings (SSSR count).